The second kappa shape index (κ2) is 5.72. The van der Waals surface area contributed by atoms with Gasteiger partial charge in [-0.3, -0.25) is 4.79 Å². The van der Waals surface area contributed by atoms with Crippen molar-refractivity contribution in [1.82, 2.24) is 5.32 Å². The normalized spacial score (nSPS) is 30.7. The highest BCUT2D eigenvalue weighted by Gasteiger charge is 2.44. The molecule has 0 aromatic rings. The highest BCUT2D eigenvalue weighted by atomic mass is 32.2. The summed E-state index contributed by atoms with van der Waals surface area (Å²) in [7, 11) is 3.42. The molecule has 0 radical (unpaired) electrons. The molecule has 0 spiro atoms. The fourth-order valence-corrected chi connectivity index (χ4v) is 3.25. The number of thioether (sulfide) groups is 1. The minimum absolute atomic E-state index is 0.448. The van der Waals surface area contributed by atoms with Crippen molar-refractivity contribution in [3.05, 3.63) is 0 Å². The van der Waals surface area contributed by atoms with Crippen LogP contribution in [0.3, 0.4) is 0 Å². The molecule has 2 N–H and O–H groups in total. The average Bonchev–Trinajstić information content (AvgIpc) is 2.63. The molecule has 1 aliphatic carbocycles. The van der Waals surface area contributed by atoms with Crippen molar-refractivity contribution in [2.24, 2.45) is 0 Å². The van der Waals surface area contributed by atoms with E-state index in [0.717, 1.165) is 25.2 Å². The first-order valence-corrected chi connectivity index (χ1v) is 6.22. The van der Waals surface area contributed by atoms with Gasteiger partial charge in [0.05, 0.1) is 6.61 Å². The van der Waals surface area contributed by atoms with Crippen LogP contribution in [0.15, 0.2) is 0 Å². The number of nitrogens with one attached hydrogen (secondary N) is 1. The molecule has 88 valence electrons. The summed E-state index contributed by atoms with van der Waals surface area (Å²) in [6.45, 7) is 0.737. The molecule has 0 amide bonds. The minimum atomic E-state index is -0.722. The van der Waals surface area contributed by atoms with Crippen molar-refractivity contribution < 1.29 is 14.6 Å². The first-order valence-electron chi connectivity index (χ1n) is 5.17. The molecule has 2 unspecified atom stereocenters. The van der Waals surface area contributed by atoms with Gasteiger partial charge in [0, 0.05) is 18.1 Å². The Morgan fingerprint density at radius 1 is 1.73 bits per heavy atom. The number of hydrogen-bond acceptors (Lipinski definition) is 4. The van der Waals surface area contributed by atoms with E-state index in [2.05, 4.69) is 5.32 Å². The molecule has 0 saturated heterocycles. The summed E-state index contributed by atoms with van der Waals surface area (Å²) in [6.07, 6.45) is 2.41. The van der Waals surface area contributed by atoms with E-state index < -0.39 is 11.5 Å². The lowest BCUT2D eigenvalue weighted by atomic mass is 9.99. The van der Waals surface area contributed by atoms with Crippen molar-refractivity contribution in [3.63, 3.8) is 0 Å². The van der Waals surface area contributed by atoms with Crippen LogP contribution in [0.4, 0.5) is 0 Å². The van der Waals surface area contributed by atoms with E-state index in [1.54, 1.807) is 14.2 Å². The second-order valence-electron chi connectivity index (χ2n) is 3.87. The number of hydrogen-bond donors (Lipinski definition) is 2. The number of ether oxygens (including phenoxy) is 1. The van der Waals surface area contributed by atoms with E-state index >= 15 is 0 Å². The first kappa shape index (κ1) is 12.8. The molecule has 4 nitrogen and oxygen atoms in total. The van der Waals surface area contributed by atoms with Crippen molar-refractivity contribution in [2.75, 3.05) is 26.5 Å². The molecule has 15 heavy (non-hydrogen) atoms. The standard InChI is InChI=1S/C10H19NO3S/c1-11-10(9(12)13)4-3-8(7-10)15-6-5-14-2/h8,11H,3-7H2,1-2H3,(H,12,13). The Kier molecular flexibility index (Phi) is 4.89. The molecule has 2 atom stereocenters. The second-order valence-corrected chi connectivity index (χ2v) is 5.27. The highest BCUT2D eigenvalue weighted by molar-refractivity contribution is 7.99. The van der Waals surface area contributed by atoms with Crippen LogP contribution in [0.25, 0.3) is 0 Å². The lowest BCUT2D eigenvalue weighted by Gasteiger charge is -2.23. The zero-order chi connectivity index (χ0) is 11.3. The number of aliphatic carboxylic acids is 1. The molecule has 1 rings (SSSR count). The summed E-state index contributed by atoms with van der Waals surface area (Å²) >= 11 is 1.82. The van der Waals surface area contributed by atoms with Gasteiger partial charge >= 0.3 is 5.97 Å². The predicted molar refractivity (Wildman–Crippen MR) is 61.4 cm³/mol. The Morgan fingerprint density at radius 2 is 2.47 bits per heavy atom. The maximum absolute atomic E-state index is 11.1. The topological polar surface area (TPSA) is 58.6 Å². The van der Waals surface area contributed by atoms with E-state index in [4.69, 9.17) is 9.84 Å². The number of carbonyl (C=O) groups is 1. The third kappa shape index (κ3) is 3.09. The average molecular weight is 233 g/mol. The largest absolute Gasteiger partial charge is 0.480 e. The maximum atomic E-state index is 11.1. The Hall–Kier alpha value is -0.260. The van der Waals surface area contributed by atoms with Crippen molar-refractivity contribution in [2.45, 2.75) is 30.1 Å². The van der Waals surface area contributed by atoms with Gasteiger partial charge in [0.25, 0.3) is 0 Å². The summed E-state index contributed by atoms with van der Waals surface area (Å²) in [4.78, 5) is 11.1. The summed E-state index contributed by atoms with van der Waals surface area (Å²) < 4.78 is 4.97. The molecule has 1 aliphatic rings. The van der Waals surface area contributed by atoms with Gasteiger partial charge in [-0.2, -0.15) is 11.8 Å². The van der Waals surface area contributed by atoms with Gasteiger partial charge < -0.3 is 15.2 Å². The van der Waals surface area contributed by atoms with Crippen LogP contribution < -0.4 is 5.32 Å². The van der Waals surface area contributed by atoms with Crippen LogP contribution >= 0.6 is 11.8 Å². The molecule has 0 aliphatic heterocycles. The minimum Gasteiger partial charge on any atom is -0.480 e. The molecule has 0 heterocycles. The molecule has 0 bridgehead atoms. The predicted octanol–water partition coefficient (Wildman–Crippen LogP) is 0.961. The Balaban J connectivity index is 2.39. The summed E-state index contributed by atoms with van der Waals surface area (Å²) in [6, 6.07) is 0. The Morgan fingerprint density at radius 3 is 2.93 bits per heavy atom. The smallest absolute Gasteiger partial charge is 0.323 e. The van der Waals surface area contributed by atoms with Crippen LogP contribution in [0.2, 0.25) is 0 Å². The van der Waals surface area contributed by atoms with Crippen LogP contribution in [-0.2, 0) is 9.53 Å². The van der Waals surface area contributed by atoms with Gasteiger partial charge in [-0.1, -0.05) is 0 Å². The quantitative estimate of drug-likeness (QED) is 0.669. The third-order valence-corrected chi connectivity index (χ3v) is 4.27. The van der Waals surface area contributed by atoms with Crippen LogP contribution in [-0.4, -0.2) is 48.4 Å². The lowest BCUT2D eigenvalue weighted by molar-refractivity contribution is -0.144. The molecule has 1 fully saturated rings. The number of rotatable bonds is 6. The number of likely N-dealkylation sites (N-methyl/N-ethyl adjacent to an activating group) is 1. The van der Waals surface area contributed by atoms with Crippen LogP contribution in [0.1, 0.15) is 19.3 Å². The highest BCUT2D eigenvalue weighted by Crippen LogP contribution is 2.37. The van der Waals surface area contributed by atoms with Gasteiger partial charge in [-0.15, -0.1) is 0 Å². The Labute approximate surface area is 94.8 Å². The molecule has 5 heteroatoms. The maximum Gasteiger partial charge on any atom is 0.323 e. The van der Waals surface area contributed by atoms with Gasteiger partial charge in [0.1, 0.15) is 5.54 Å². The van der Waals surface area contributed by atoms with Gasteiger partial charge in [0.2, 0.25) is 0 Å². The van der Waals surface area contributed by atoms with Crippen molar-refractivity contribution in [3.8, 4) is 0 Å². The van der Waals surface area contributed by atoms with Gasteiger partial charge in [0.15, 0.2) is 0 Å². The molecule has 0 aromatic carbocycles. The zero-order valence-electron chi connectivity index (χ0n) is 9.28. The Bertz CT molecular complexity index is 225. The van der Waals surface area contributed by atoms with Crippen molar-refractivity contribution in [1.29, 1.82) is 0 Å². The lowest BCUT2D eigenvalue weighted by Crippen LogP contribution is -2.48. The van der Waals surface area contributed by atoms with Crippen LogP contribution in [0, 0.1) is 0 Å². The van der Waals surface area contributed by atoms with Gasteiger partial charge in [-0.05, 0) is 26.3 Å². The summed E-state index contributed by atoms with van der Waals surface area (Å²) in [5, 5.41) is 12.6. The fraction of sp³-hybridized carbons (Fsp3) is 0.900. The van der Waals surface area contributed by atoms with Crippen molar-refractivity contribution >= 4 is 17.7 Å². The summed E-state index contributed by atoms with van der Waals surface area (Å²) in [5.74, 6) is 0.223. The van der Waals surface area contributed by atoms with Crippen LogP contribution in [0.5, 0.6) is 0 Å². The summed E-state index contributed by atoms with van der Waals surface area (Å²) in [5.41, 5.74) is -0.690. The number of methoxy groups -OCH3 is 1. The molecular weight excluding hydrogens is 214 g/mol. The van der Waals surface area contributed by atoms with E-state index in [0.29, 0.717) is 11.7 Å². The number of carboxylic acid groups (broad SMARTS) is 1. The molecule has 1 saturated carbocycles. The zero-order valence-corrected chi connectivity index (χ0v) is 10.1. The SMILES string of the molecule is CNC1(C(=O)O)CCC(SCCOC)C1. The first-order chi connectivity index (χ1) is 7.14. The van der Waals surface area contributed by atoms with E-state index in [9.17, 15) is 4.79 Å². The molecule has 0 aromatic heterocycles. The van der Waals surface area contributed by atoms with E-state index in [-0.39, 0.29) is 0 Å². The number of carboxylic acids is 1. The van der Waals surface area contributed by atoms with Gasteiger partial charge in [-0.25, -0.2) is 0 Å². The fourth-order valence-electron chi connectivity index (χ4n) is 1.97. The van der Waals surface area contributed by atoms with E-state index in [1.165, 1.54) is 0 Å². The monoisotopic (exact) mass is 233 g/mol. The third-order valence-electron chi connectivity index (χ3n) is 3.00. The molecular formula is C10H19NO3S. The van der Waals surface area contributed by atoms with E-state index in [1.807, 2.05) is 11.8 Å².